The van der Waals surface area contributed by atoms with Gasteiger partial charge in [-0.25, -0.2) is 0 Å². The van der Waals surface area contributed by atoms with Crippen LogP contribution < -0.4 is 11.1 Å². The lowest BCUT2D eigenvalue weighted by Crippen LogP contribution is -2.48. The van der Waals surface area contributed by atoms with Gasteiger partial charge in [0.05, 0.1) is 6.04 Å². The van der Waals surface area contributed by atoms with E-state index in [-0.39, 0.29) is 11.3 Å². The molecule has 0 aliphatic rings. The van der Waals surface area contributed by atoms with Crippen LogP contribution >= 0.6 is 0 Å². The lowest BCUT2D eigenvalue weighted by molar-refractivity contribution is -0.124. The standard InChI is InChI=1S/C10H20N2O/c1-5-6-7-12-9(13)8(11)10(2,3)4/h5,8H,1,6-7,11H2,2-4H3,(H,12,13). The third-order valence-electron chi connectivity index (χ3n) is 1.86. The Kier molecular flexibility index (Phi) is 4.70. The minimum atomic E-state index is -0.447. The summed E-state index contributed by atoms with van der Waals surface area (Å²) in [7, 11) is 0. The Labute approximate surface area is 80.4 Å². The highest BCUT2D eigenvalue weighted by Gasteiger charge is 2.26. The summed E-state index contributed by atoms with van der Waals surface area (Å²) >= 11 is 0. The molecule has 0 rings (SSSR count). The highest BCUT2D eigenvalue weighted by molar-refractivity contribution is 5.82. The minimum Gasteiger partial charge on any atom is -0.354 e. The predicted octanol–water partition coefficient (Wildman–Crippen LogP) is 1.05. The van der Waals surface area contributed by atoms with Crippen LogP contribution in [0.25, 0.3) is 0 Å². The molecule has 0 aliphatic carbocycles. The highest BCUT2D eigenvalue weighted by Crippen LogP contribution is 2.16. The Morgan fingerprint density at radius 3 is 2.54 bits per heavy atom. The molecule has 13 heavy (non-hydrogen) atoms. The molecule has 1 atom stereocenters. The van der Waals surface area contributed by atoms with Crippen molar-refractivity contribution < 1.29 is 4.79 Å². The molecule has 0 saturated heterocycles. The monoisotopic (exact) mass is 184 g/mol. The van der Waals surface area contributed by atoms with Gasteiger partial charge in [-0.2, -0.15) is 0 Å². The van der Waals surface area contributed by atoms with Gasteiger partial charge in [0.15, 0.2) is 0 Å². The van der Waals surface area contributed by atoms with Gasteiger partial charge < -0.3 is 11.1 Å². The zero-order valence-electron chi connectivity index (χ0n) is 8.76. The van der Waals surface area contributed by atoms with Gasteiger partial charge in [-0.1, -0.05) is 26.8 Å². The van der Waals surface area contributed by atoms with Crippen molar-refractivity contribution in [3.05, 3.63) is 12.7 Å². The van der Waals surface area contributed by atoms with Gasteiger partial charge in [0.2, 0.25) is 5.91 Å². The fraction of sp³-hybridized carbons (Fsp3) is 0.700. The smallest absolute Gasteiger partial charge is 0.237 e. The molecule has 0 radical (unpaired) electrons. The van der Waals surface area contributed by atoms with E-state index in [9.17, 15) is 4.79 Å². The van der Waals surface area contributed by atoms with Crippen molar-refractivity contribution in [2.45, 2.75) is 33.2 Å². The SMILES string of the molecule is C=CCCNC(=O)C(N)C(C)(C)C. The molecule has 0 spiro atoms. The average Bonchev–Trinajstić information content (AvgIpc) is 2.01. The first-order chi connectivity index (χ1) is 5.89. The molecule has 0 aromatic rings. The van der Waals surface area contributed by atoms with Crippen LogP contribution in [0.5, 0.6) is 0 Å². The van der Waals surface area contributed by atoms with E-state index < -0.39 is 6.04 Å². The fourth-order valence-electron chi connectivity index (χ4n) is 0.801. The maximum absolute atomic E-state index is 11.4. The molecular weight excluding hydrogens is 164 g/mol. The number of hydrogen-bond donors (Lipinski definition) is 2. The van der Waals surface area contributed by atoms with Crippen molar-refractivity contribution in [2.75, 3.05) is 6.54 Å². The van der Waals surface area contributed by atoms with Crippen LogP contribution in [0.1, 0.15) is 27.2 Å². The Balaban J connectivity index is 3.90. The van der Waals surface area contributed by atoms with Gasteiger partial charge in [-0.15, -0.1) is 6.58 Å². The van der Waals surface area contributed by atoms with Gasteiger partial charge in [-0.05, 0) is 11.8 Å². The molecule has 0 bridgehead atoms. The van der Waals surface area contributed by atoms with E-state index in [0.717, 1.165) is 6.42 Å². The van der Waals surface area contributed by atoms with Gasteiger partial charge >= 0.3 is 0 Å². The summed E-state index contributed by atoms with van der Waals surface area (Å²) in [6.45, 7) is 10.0. The number of carbonyl (C=O) groups is 1. The molecule has 3 nitrogen and oxygen atoms in total. The Bertz CT molecular complexity index is 182. The van der Waals surface area contributed by atoms with Crippen molar-refractivity contribution >= 4 is 5.91 Å². The first kappa shape index (κ1) is 12.2. The van der Waals surface area contributed by atoms with Crippen molar-refractivity contribution in [1.82, 2.24) is 5.32 Å². The molecule has 0 heterocycles. The van der Waals surface area contributed by atoms with Crippen LogP contribution in [0.2, 0.25) is 0 Å². The van der Waals surface area contributed by atoms with Crippen molar-refractivity contribution in [3.63, 3.8) is 0 Å². The summed E-state index contributed by atoms with van der Waals surface area (Å²) in [5, 5.41) is 2.75. The van der Waals surface area contributed by atoms with Crippen molar-refractivity contribution in [2.24, 2.45) is 11.1 Å². The third kappa shape index (κ3) is 4.68. The summed E-state index contributed by atoms with van der Waals surface area (Å²) in [5.74, 6) is -0.0886. The van der Waals surface area contributed by atoms with E-state index in [1.165, 1.54) is 0 Å². The second-order valence-corrected chi connectivity index (χ2v) is 4.21. The van der Waals surface area contributed by atoms with Crippen LogP contribution in [0.15, 0.2) is 12.7 Å². The molecule has 1 amide bonds. The fourth-order valence-corrected chi connectivity index (χ4v) is 0.801. The molecule has 1 unspecified atom stereocenters. The Hall–Kier alpha value is -0.830. The minimum absolute atomic E-state index is 0.0886. The molecule has 76 valence electrons. The van der Waals surface area contributed by atoms with Gasteiger partial charge in [0.25, 0.3) is 0 Å². The maximum atomic E-state index is 11.4. The summed E-state index contributed by atoms with van der Waals surface area (Å²) in [4.78, 5) is 11.4. The van der Waals surface area contributed by atoms with E-state index in [4.69, 9.17) is 5.73 Å². The quantitative estimate of drug-likeness (QED) is 0.507. The zero-order chi connectivity index (χ0) is 10.5. The second-order valence-electron chi connectivity index (χ2n) is 4.21. The number of rotatable bonds is 4. The summed E-state index contributed by atoms with van der Waals surface area (Å²) in [6.07, 6.45) is 2.55. The summed E-state index contributed by atoms with van der Waals surface area (Å²) in [5.41, 5.74) is 5.56. The molecular formula is C10H20N2O. The molecule has 0 saturated carbocycles. The first-order valence-corrected chi connectivity index (χ1v) is 4.53. The van der Waals surface area contributed by atoms with E-state index in [2.05, 4.69) is 11.9 Å². The number of carbonyl (C=O) groups excluding carboxylic acids is 1. The third-order valence-corrected chi connectivity index (χ3v) is 1.86. The maximum Gasteiger partial charge on any atom is 0.237 e. The van der Waals surface area contributed by atoms with Gasteiger partial charge in [-0.3, -0.25) is 4.79 Å². The second kappa shape index (κ2) is 5.02. The summed E-state index contributed by atoms with van der Waals surface area (Å²) in [6, 6.07) is -0.447. The Morgan fingerprint density at radius 1 is 1.62 bits per heavy atom. The molecule has 0 fully saturated rings. The van der Waals surface area contributed by atoms with E-state index in [1.807, 2.05) is 20.8 Å². The number of nitrogens with two attached hydrogens (primary N) is 1. The van der Waals surface area contributed by atoms with E-state index >= 15 is 0 Å². The number of hydrogen-bond acceptors (Lipinski definition) is 2. The number of nitrogens with one attached hydrogen (secondary N) is 1. The predicted molar refractivity (Wildman–Crippen MR) is 55.3 cm³/mol. The van der Waals surface area contributed by atoms with Crippen LogP contribution in [0.3, 0.4) is 0 Å². The van der Waals surface area contributed by atoms with E-state index in [1.54, 1.807) is 6.08 Å². The molecule has 3 N–H and O–H groups in total. The summed E-state index contributed by atoms with van der Waals surface area (Å²) < 4.78 is 0. The molecule has 0 aromatic carbocycles. The molecule has 3 heteroatoms. The lowest BCUT2D eigenvalue weighted by atomic mass is 9.87. The van der Waals surface area contributed by atoms with Crippen LogP contribution in [-0.4, -0.2) is 18.5 Å². The van der Waals surface area contributed by atoms with Crippen LogP contribution in [0.4, 0.5) is 0 Å². The van der Waals surface area contributed by atoms with E-state index in [0.29, 0.717) is 6.54 Å². The van der Waals surface area contributed by atoms with Crippen LogP contribution in [0, 0.1) is 5.41 Å². The number of amides is 1. The zero-order valence-corrected chi connectivity index (χ0v) is 8.76. The highest BCUT2D eigenvalue weighted by atomic mass is 16.2. The normalized spacial score (nSPS) is 13.5. The Morgan fingerprint density at radius 2 is 2.15 bits per heavy atom. The van der Waals surface area contributed by atoms with Gasteiger partial charge in [0.1, 0.15) is 0 Å². The largest absolute Gasteiger partial charge is 0.354 e. The molecule has 0 aromatic heterocycles. The van der Waals surface area contributed by atoms with Crippen LogP contribution in [-0.2, 0) is 4.79 Å². The average molecular weight is 184 g/mol. The topological polar surface area (TPSA) is 55.1 Å². The molecule has 0 aliphatic heterocycles. The van der Waals surface area contributed by atoms with Gasteiger partial charge in [0, 0.05) is 6.54 Å². The van der Waals surface area contributed by atoms with Crippen molar-refractivity contribution in [1.29, 1.82) is 0 Å². The first-order valence-electron chi connectivity index (χ1n) is 4.53. The lowest BCUT2D eigenvalue weighted by Gasteiger charge is -2.25. The van der Waals surface area contributed by atoms with Crippen molar-refractivity contribution in [3.8, 4) is 0 Å².